The van der Waals surface area contributed by atoms with Gasteiger partial charge in [0.25, 0.3) is 0 Å². The highest BCUT2D eigenvalue weighted by molar-refractivity contribution is 6.30. The molecule has 7 nitrogen and oxygen atoms in total. The second-order valence-corrected chi connectivity index (χ2v) is 8.62. The second-order valence-electron chi connectivity index (χ2n) is 8.18. The zero-order valence-electron chi connectivity index (χ0n) is 17.7. The number of rotatable bonds is 3. The van der Waals surface area contributed by atoms with Gasteiger partial charge in [-0.1, -0.05) is 23.6 Å². The van der Waals surface area contributed by atoms with Crippen LogP contribution >= 0.6 is 11.6 Å². The minimum Gasteiger partial charge on any atom is -0.368 e. The van der Waals surface area contributed by atoms with Gasteiger partial charge in [-0.2, -0.15) is 5.10 Å². The number of fused-ring (bicyclic) bond motifs is 1. The van der Waals surface area contributed by atoms with Gasteiger partial charge < -0.3 is 9.80 Å². The lowest BCUT2D eigenvalue weighted by Gasteiger charge is -2.37. The fourth-order valence-electron chi connectivity index (χ4n) is 4.43. The van der Waals surface area contributed by atoms with Crippen molar-refractivity contribution in [3.05, 3.63) is 40.8 Å². The highest BCUT2D eigenvalue weighted by Crippen LogP contribution is 2.29. The van der Waals surface area contributed by atoms with Gasteiger partial charge in [-0.3, -0.25) is 10.00 Å². The van der Waals surface area contributed by atoms with E-state index in [1.54, 1.807) is 6.33 Å². The van der Waals surface area contributed by atoms with Crippen molar-refractivity contribution < 1.29 is 0 Å². The molecule has 0 aliphatic carbocycles. The van der Waals surface area contributed by atoms with Gasteiger partial charge in [-0.15, -0.1) is 0 Å². The number of anilines is 2. The molecule has 1 N–H and O–H groups in total. The van der Waals surface area contributed by atoms with E-state index in [1.165, 1.54) is 24.1 Å². The van der Waals surface area contributed by atoms with E-state index < -0.39 is 0 Å². The summed E-state index contributed by atoms with van der Waals surface area (Å²) < 4.78 is 0. The van der Waals surface area contributed by atoms with E-state index in [4.69, 9.17) is 11.6 Å². The topological polar surface area (TPSA) is 64.2 Å². The first-order chi connectivity index (χ1) is 15.2. The van der Waals surface area contributed by atoms with Crippen LogP contribution in [0, 0.1) is 18.8 Å². The molecule has 0 radical (unpaired) electrons. The molecule has 4 heterocycles. The quantitative estimate of drug-likeness (QED) is 0.638. The van der Waals surface area contributed by atoms with E-state index in [-0.39, 0.29) is 0 Å². The number of aryl methyl sites for hydroxylation is 1. The third kappa shape index (κ3) is 4.18. The summed E-state index contributed by atoms with van der Waals surface area (Å²) in [6.45, 7) is 8.73. The molecule has 2 fully saturated rings. The van der Waals surface area contributed by atoms with Crippen LogP contribution in [0.2, 0.25) is 5.02 Å². The minimum absolute atomic E-state index is 0.734. The van der Waals surface area contributed by atoms with Gasteiger partial charge in [-0.05, 0) is 56.5 Å². The number of nitrogens with one attached hydrogen (secondary N) is 1. The van der Waals surface area contributed by atoms with Crippen LogP contribution in [0.25, 0.3) is 11.0 Å². The third-order valence-corrected chi connectivity index (χ3v) is 6.37. The molecular weight excluding hydrogens is 410 g/mol. The van der Waals surface area contributed by atoms with Gasteiger partial charge in [0.1, 0.15) is 17.8 Å². The molecular formula is C23H26ClN7. The third-order valence-electron chi connectivity index (χ3n) is 6.14. The van der Waals surface area contributed by atoms with Crippen LogP contribution in [0.1, 0.15) is 24.1 Å². The number of likely N-dealkylation sites (tertiary alicyclic amines) is 1. The maximum atomic E-state index is 6.23. The molecule has 0 amide bonds. The van der Waals surface area contributed by atoms with Crippen LogP contribution in [-0.4, -0.2) is 70.9 Å². The molecule has 2 aromatic heterocycles. The van der Waals surface area contributed by atoms with Crippen molar-refractivity contribution in [3.63, 3.8) is 0 Å². The van der Waals surface area contributed by atoms with E-state index in [0.29, 0.717) is 0 Å². The first kappa shape index (κ1) is 20.1. The van der Waals surface area contributed by atoms with Crippen LogP contribution in [0.15, 0.2) is 24.5 Å². The lowest BCUT2D eigenvalue weighted by molar-refractivity contribution is 0.383. The molecule has 3 aromatic rings. The van der Waals surface area contributed by atoms with Crippen molar-refractivity contribution in [2.75, 3.05) is 55.6 Å². The molecule has 0 spiro atoms. The fourth-order valence-corrected chi connectivity index (χ4v) is 4.60. The second kappa shape index (κ2) is 8.74. The Morgan fingerprint density at radius 3 is 2.61 bits per heavy atom. The molecule has 31 heavy (non-hydrogen) atoms. The Balaban J connectivity index is 1.35. The van der Waals surface area contributed by atoms with Gasteiger partial charge in [0.2, 0.25) is 0 Å². The summed E-state index contributed by atoms with van der Waals surface area (Å²) in [5, 5.41) is 9.15. The molecule has 0 bridgehead atoms. The molecule has 0 unspecified atom stereocenters. The first-order valence-electron chi connectivity index (χ1n) is 10.9. The minimum atomic E-state index is 0.734. The Morgan fingerprint density at radius 1 is 1.03 bits per heavy atom. The van der Waals surface area contributed by atoms with E-state index in [1.807, 2.05) is 6.07 Å². The number of piperazine rings is 1. The number of hydrogen-bond acceptors (Lipinski definition) is 6. The average molecular weight is 436 g/mol. The SMILES string of the molecule is Cc1ccc(Cl)cc1N1CCN(c2ncnc3[nH]nc(C#CCN4CCCC4)c23)CC1. The van der Waals surface area contributed by atoms with Crippen LogP contribution in [0.3, 0.4) is 0 Å². The Kier molecular flexibility index (Phi) is 5.66. The predicted octanol–water partition coefficient (Wildman–Crippen LogP) is 3.09. The van der Waals surface area contributed by atoms with Crippen molar-refractivity contribution in [1.82, 2.24) is 25.1 Å². The number of aromatic amines is 1. The number of hydrogen-bond donors (Lipinski definition) is 1. The summed E-state index contributed by atoms with van der Waals surface area (Å²) in [7, 11) is 0. The summed E-state index contributed by atoms with van der Waals surface area (Å²) in [4.78, 5) is 16.1. The maximum absolute atomic E-state index is 6.23. The van der Waals surface area contributed by atoms with Gasteiger partial charge in [0.05, 0.1) is 11.9 Å². The van der Waals surface area contributed by atoms with Crippen molar-refractivity contribution in [3.8, 4) is 11.8 Å². The molecule has 8 heteroatoms. The van der Waals surface area contributed by atoms with E-state index in [0.717, 1.165) is 73.4 Å². The van der Waals surface area contributed by atoms with Crippen molar-refractivity contribution in [2.24, 2.45) is 0 Å². The van der Waals surface area contributed by atoms with Crippen molar-refractivity contribution >= 4 is 34.1 Å². The number of benzene rings is 1. The normalized spacial score (nSPS) is 17.2. The van der Waals surface area contributed by atoms with Gasteiger partial charge in [0, 0.05) is 36.9 Å². The maximum Gasteiger partial charge on any atom is 0.162 e. The number of aromatic nitrogens is 4. The predicted molar refractivity (Wildman–Crippen MR) is 125 cm³/mol. The summed E-state index contributed by atoms with van der Waals surface area (Å²) in [5.41, 5.74) is 3.92. The molecule has 1 aromatic carbocycles. The highest BCUT2D eigenvalue weighted by Gasteiger charge is 2.23. The van der Waals surface area contributed by atoms with Crippen molar-refractivity contribution in [1.29, 1.82) is 0 Å². The Bertz CT molecular complexity index is 1130. The van der Waals surface area contributed by atoms with E-state index in [9.17, 15) is 0 Å². The zero-order valence-corrected chi connectivity index (χ0v) is 18.5. The Morgan fingerprint density at radius 2 is 1.81 bits per heavy atom. The average Bonchev–Trinajstić information content (AvgIpc) is 3.46. The first-order valence-corrected chi connectivity index (χ1v) is 11.2. The van der Waals surface area contributed by atoms with E-state index >= 15 is 0 Å². The van der Waals surface area contributed by atoms with Crippen LogP contribution in [0.4, 0.5) is 11.5 Å². The lowest BCUT2D eigenvalue weighted by atomic mass is 10.1. The standard InChI is InChI=1S/C23H26ClN7/c1-17-6-7-18(24)15-20(17)30-11-13-31(14-12-30)23-21-19(27-28-22(21)25-16-26-23)5-4-10-29-8-2-3-9-29/h6-7,15-16H,2-3,8-14H2,1H3,(H,25,26,27,28). The smallest absolute Gasteiger partial charge is 0.162 e. The van der Waals surface area contributed by atoms with Gasteiger partial charge in [0.15, 0.2) is 5.65 Å². The van der Waals surface area contributed by atoms with Crippen LogP contribution in [-0.2, 0) is 0 Å². The summed E-state index contributed by atoms with van der Waals surface area (Å²) in [5.74, 6) is 7.46. The van der Waals surface area contributed by atoms with Crippen molar-refractivity contribution in [2.45, 2.75) is 19.8 Å². The van der Waals surface area contributed by atoms with Gasteiger partial charge in [-0.25, -0.2) is 9.97 Å². The number of halogens is 1. The molecule has 0 saturated carbocycles. The Hall–Kier alpha value is -2.82. The fraction of sp³-hybridized carbons (Fsp3) is 0.435. The molecule has 5 rings (SSSR count). The summed E-state index contributed by atoms with van der Waals surface area (Å²) in [6.07, 6.45) is 4.14. The summed E-state index contributed by atoms with van der Waals surface area (Å²) in [6, 6.07) is 6.08. The molecule has 2 aliphatic heterocycles. The number of H-pyrrole nitrogens is 1. The monoisotopic (exact) mass is 435 g/mol. The molecule has 2 aliphatic rings. The highest BCUT2D eigenvalue weighted by atomic mass is 35.5. The molecule has 160 valence electrons. The van der Waals surface area contributed by atoms with Gasteiger partial charge >= 0.3 is 0 Å². The van der Waals surface area contributed by atoms with Crippen LogP contribution < -0.4 is 9.80 Å². The lowest BCUT2D eigenvalue weighted by Crippen LogP contribution is -2.47. The molecule has 2 saturated heterocycles. The largest absolute Gasteiger partial charge is 0.368 e. The van der Waals surface area contributed by atoms with E-state index in [2.05, 4.69) is 65.8 Å². The van der Waals surface area contributed by atoms with Crippen LogP contribution in [0.5, 0.6) is 0 Å². The summed E-state index contributed by atoms with van der Waals surface area (Å²) >= 11 is 6.23. The Labute approximate surface area is 187 Å². The molecule has 0 atom stereocenters. The zero-order chi connectivity index (χ0) is 21.2. The number of nitrogens with zero attached hydrogens (tertiary/aromatic N) is 6.